The third-order valence-electron chi connectivity index (χ3n) is 15.8. The summed E-state index contributed by atoms with van der Waals surface area (Å²) in [5.41, 5.74) is 23.8. The van der Waals surface area contributed by atoms with Gasteiger partial charge in [-0.3, -0.25) is 0 Å². The molecule has 338 valence electrons. The van der Waals surface area contributed by atoms with E-state index in [1.165, 1.54) is 50.1 Å². The van der Waals surface area contributed by atoms with Crippen LogP contribution in [0.15, 0.2) is 251 Å². The highest BCUT2D eigenvalue weighted by Crippen LogP contribution is 2.64. The lowest BCUT2D eigenvalue weighted by Crippen LogP contribution is -2.25. The number of hydrogen-bond acceptors (Lipinski definition) is 4. The Balaban J connectivity index is 0.867. The topological polar surface area (TPSA) is 52.1 Å². The van der Waals surface area contributed by atoms with E-state index >= 15 is 0 Å². The minimum Gasteiger partial charge on any atom is -0.455 e. The van der Waals surface area contributed by atoms with Gasteiger partial charge in [0.25, 0.3) is 0 Å². The molecule has 4 heteroatoms. The van der Waals surface area contributed by atoms with E-state index in [-0.39, 0.29) is 0 Å². The molecule has 73 heavy (non-hydrogen) atoms. The quantitative estimate of drug-likeness (QED) is 0.173. The number of nitrogens with zero attached hydrogens (tertiary/aromatic N) is 2. The van der Waals surface area contributed by atoms with Gasteiger partial charge < -0.3 is 8.83 Å². The minimum absolute atomic E-state index is 0.433. The summed E-state index contributed by atoms with van der Waals surface area (Å²) in [4.78, 5) is 10.8. The molecule has 0 unspecified atom stereocenters. The minimum atomic E-state index is -0.433. The molecule has 0 N–H and O–H groups in total. The molecule has 2 aliphatic carbocycles. The smallest absolute Gasteiger partial charge is 0.160 e. The van der Waals surface area contributed by atoms with Crippen LogP contribution in [0, 0.1) is 0 Å². The average molecular weight is 929 g/mol. The number of fused-ring (bicyclic) bond motifs is 17. The summed E-state index contributed by atoms with van der Waals surface area (Å²) in [6.45, 7) is 0. The van der Waals surface area contributed by atoms with Gasteiger partial charge in [-0.1, -0.05) is 218 Å². The van der Waals surface area contributed by atoms with Gasteiger partial charge in [0.05, 0.1) is 16.6 Å². The summed E-state index contributed by atoms with van der Waals surface area (Å²) < 4.78 is 12.9. The predicted octanol–water partition coefficient (Wildman–Crippen LogP) is 18.1. The zero-order valence-electron chi connectivity index (χ0n) is 39.3. The fraction of sp³-hybridized carbons (Fsp3) is 0.0145. The maximum atomic E-state index is 6.49. The van der Waals surface area contributed by atoms with Crippen LogP contribution in [0.25, 0.3) is 133 Å². The van der Waals surface area contributed by atoms with E-state index in [1.807, 2.05) is 24.3 Å². The first-order chi connectivity index (χ1) is 36.2. The summed E-state index contributed by atoms with van der Waals surface area (Å²) >= 11 is 0. The number of para-hydroxylation sites is 4. The second-order valence-electron chi connectivity index (χ2n) is 19.5. The van der Waals surface area contributed by atoms with Crippen molar-refractivity contribution in [3.63, 3.8) is 0 Å². The summed E-state index contributed by atoms with van der Waals surface area (Å²) in [6, 6.07) is 87.3. The zero-order chi connectivity index (χ0) is 47.8. The van der Waals surface area contributed by atoms with E-state index in [1.54, 1.807) is 0 Å². The zero-order valence-corrected chi connectivity index (χ0v) is 39.3. The van der Waals surface area contributed by atoms with Crippen molar-refractivity contribution in [3.05, 3.63) is 265 Å². The molecule has 16 rings (SSSR count). The second kappa shape index (κ2) is 15.2. The number of aromatic nitrogens is 2. The molecule has 14 aromatic rings. The first-order valence-electron chi connectivity index (χ1n) is 25.0. The van der Waals surface area contributed by atoms with Crippen LogP contribution < -0.4 is 0 Å². The highest BCUT2D eigenvalue weighted by Gasteiger charge is 2.52. The number of rotatable bonds is 5. The molecule has 0 amide bonds. The van der Waals surface area contributed by atoms with Gasteiger partial charge in [-0.25, -0.2) is 9.97 Å². The van der Waals surface area contributed by atoms with Gasteiger partial charge >= 0.3 is 0 Å². The molecule has 0 bridgehead atoms. The van der Waals surface area contributed by atoms with Gasteiger partial charge in [0, 0.05) is 49.2 Å². The van der Waals surface area contributed by atoms with Crippen molar-refractivity contribution < 1.29 is 8.83 Å². The summed E-state index contributed by atoms with van der Waals surface area (Å²) in [6.07, 6.45) is 0. The van der Waals surface area contributed by atoms with E-state index in [2.05, 4.69) is 218 Å². The van der Waals surface area contributed by atoms with Crippen LogP contribution in [-0.4, -0.2) is 9.97 Å². The molecule has 0 radical (unpaired) electrons. The van der Waals surface area contributed by atoms with Crippen molar-refractivity contribution in [2.45, 2.75) is 5.41 Å². The Hall–Kier alpha value is -9.64. The Morgan fingerprint density at radius 3 is 1.34 bits per heavy atom. The molecular weight excluding hydrogens is 889 g/mol. The largest absolute Gasteiger partial charge is 0.455 e. The Morgan fingerprint density at radius 2 is 0.726 bits per heavy atom. The number of hydrogen-bond donors (Lipinski definition) is 0. The maximum Gasteiger partial charge on any atom is 0.160 e. The summed E-state index contributed by atoms with van der Waals surface area (Å²) in [5.74, 6) is 0.662. The van der Waals surface area contributed by atoms with Crippen molar-refractivity contribution in [3.8, 4) is 78.3 Å². The van der Waals surface area contributed by atoms with E-state index in [4.69, 9.17) is 18.8 Å². The lowest BCUT2D eigenvalue weighted by molar-refractivity contribution is 0.669. The molecule has 2 aliphatic rings. The summed E-state index contributed by atoms with van der Waals surface area (Å²) in [5, 5.41) is 5.44. The van der Waals surface area contributed by atoms with Crippen molar-refractivity contribution in [1.29, 1.82) is 0 Å². The Labute approximate surface area is 420 Å². The van der Waals surface area contributed by atoms with Gasteiger partial charge in [-0.2, -0.15) is 0 Å². The average Bonchev–Trinajstić information content (AvgIpc) is 4.27. The van der Waals surface area contributed by atoms with Crippen molar-refractivity contribution in [2.75, 3.05) is 0 Å². The lowest BCUT2D eigenvalue weighted by Gasteiger charge is -2.30. The van der Waals surface area contributed by atoms with Crippen LogP contribution >= 0.6 is 0 Å². The SMILES string of the molecule is c1ccc2c(c1)-c1ccccc1C21c2ccccc2-c2c(-c3ccc4nc(-c5ccc(-c6cccc7c6oc6ccccc67)cc5)nc(-c5ccc(-c6cccc7c6oc6ccccc67)cc5)c4c3)cccc21. The van der Waals surface area contributed by atoms with E-state index < -0.39 is 5.41 Å². The molecule has 4 nitrogen and oxygen atoms in total. The van der Waals surface area contributed by atoms with Crippen LogP contribution in [0.3, 0.4) is 0 Å². The third-order valence-corrected chi connectivity index (χ3v) is 15.8. The molecule has 1 spiro atoms. The van der Waals surface area contributed by atoms with Gasteiger partial charge in [0.15, 0.2) is 5.82 Å². The summed E-state index contributed by atoms with van der Waals surface area (Å²) in [7, 11) is 0. The second-order valence-corrected chi connectivity index (χ2v) is 19.5. The molecule has 0 saturated carbocycles. The molecule has 0 aliphatic heterocycles. The lowest BCUT2D eigenvalue weighted by atomic mass is 9.70. The third kappa shape index (κ3) is 5.66. The Kier molecular flexibility index (Phi) is 8.35. The highest BCUT2D eigenvalue weighted by atomic mass is 16.3. The molecule has 0 fully saturated rings. The standard InChI is InChI=1S/C69H40N2O2/c1-6-24-57-49(14-1)50-15-2-7-25-58(50)69(57)59-26-8-3-18-55(59)64-46(19-13-27-60(64)69)45-38-39-61-56(40-45)65(43-34-30-41(31-35-43)47-20-11-22-53-51-16-4-9-28-62(51)72-66(47)53)71-68(70-61)44-36-32-42(33-37-44)48-21-12-23-54-52-17-5-10-29-63(52)73-67(48)54/h1-40H. The highest BCUT2D eigenvalue weighted by molar-refractivity contribution is 6.11. The van der Waals surface area contributed by atoms with Crippen LogP contribution in [0.2, 0.25) is 0 Å². The first kappa shape index (κ1) is 40.1. The van der Waals surface area contributed by atoms with E-state index in [0.717, 1.165) is 99.4 Å². The van der Waals surface area contributed by atoms with E-state index in [9.17, 15) is 0 Å². The van der Waals surface area contributed by atoms with Crippen LogP contribution in [0.5, 0.6) is 0 Å². The molecule has 0 atom stereocenters. The van der Waals surface area contributed by atoms with Crippen molar-refractivity contribution in [1.82, 2.24) is 9.97 Å². The van der Waals surface area contributed by atoms with Crippen LogP contribution in [0.4, 0.5) is 0 Å². The van der Waals surface area contributed by atoms with E-state index in [0.29, 0.717) is 5.82 Å². The number of benzene rings is 11. The van der Waals surface area contributed by atoms with Gasteiger partial charge in [0.1, 0.15) is 22.3 Å². The van der Waals surface area contributed by atoms with Crippen LogP contribution in [0.1, 0.15) is 22.3 Å². The van der Waals surface area contributed by atoms with Gasteiger partial charge in [-0.15, -0.1) is 0 Å². The maximum absolute atomic E-state index is 6.49. The van der Waals surface area contributed by atoms with Crippen molar-refractivity contribution >= 4 is 54.8 Å². The number of furan rings is 2. The monoisotopic (exact) mass is 928 g/mol. The Bertz CT molecular complexity index is 4570. The fourth-order valence-electron chi connectivity index (χ4n) is 12.6. The van der Waals surface area contributed by atoms with Gasteiger partial charge in [-0.05, 0) is 91.0 Å². The normalized spacial score (nSPS) is 13.0. The first-order valence-corrected chi connectivity index (χ1v) is 25.0. The molecule has 3 heterocycles. The molecule has 11 aromatic carbocycles. The Morgan fingerprint density at radius 1 is 0.288 bits per heavy atom. The molecular formula is C69H40N2O2. The van der Waals surface area contributed by atoms with Crippen molar-refractivity contribution in [2.24, 2.45) is 0 Å². The van der Waals surface area contributed by atoms with Gasteiger partial charge in [0.2, 0.25) is 0 Å². The molecule has 0 saturated heterocycles. The fourth-order valence-corrected chi connectivity index (χ4v) is 12.6. The van der Waals surface area contributed by atoms with Crippen LogP contribution in [-0.2, 0) is 5.41 Å². The predicted molar refractivity (Wildman–Crippen MR) is 298 cm³/mol. The molecule has 3 aromatic heterocycles.